The zero-order valence-electron chi connectivity index (χ0n) is 8.89. The van der Waals surface area contributed by atoms with Gasteiger partial charge in [0.1, 0.15) is 0 Å². The molecule has 2 unspecified atom stereocenters. The van der Waals surface area contributed by atoms with Gasteiger partial charge >= 0.3 is 0 Å². The molecule has 1 saturated carbocycles. The van der Waals surface area contributed by atoms with Crippen LogP contribution in [0.3, 0.4) is 0 Å². The number of nitrogens with two attached hydrogens (primary N) is 1. The lowest BCUT2D eigenvalue weighted by atomic mass is 10.2. The normalized spacial score (nSPS) is 23.6. The summed E-state index contributed by atoms with van der Waals surface area (Å²) in [5, 5.41) is 0. The van der Waals surface area contributed by atoms with Crippen LogP contribution < -0.4 is 5.73 Å². The number of carbonyl (C=O) groups is 1. The van der Waals surface area contributed by atoms with Crippen LogP contribution >= 0.6 is 0 Å². The zero-order chi connectivity index (χ0) is 10.8. The van der Waals surface area contributed by atoms with Gasteiger partial charge < -0.3 is 10.6 Å². The molecule has 15 heavy (non-hydrogen) atoms. The molecule has 1 aromatic carbocycles. The van der Waals surface area contributed by atoms with E-state index in [1.54, 1.807) is 4.90 Å². The van der Waals surface area contributed by atoms with Gasteiger partial charge in [0.25, 0.3) is 0 Å². The standard InChI is InChI=1S/C12H16N2O/c1-14(12(15)10-7-11(10)13)8-9-5-3-2-4-6-9/h2-6,10-11H,7-8,13H2,1H3. The fraction of sp³-hybridized carbons (Fsp3) is 0.417. The third-order valence-electron chi connectivity index (χ3n) is 2.80. The molecule has 2 N–H and O–H groups in total. The topological polar surface area (TPSA) is 46.3 Å². The molecular formula is C12H16N2O. The number of carbonyl (C=O) groups excluding carboxylic acids is 1. The maximum atomic E-state index is 11.8. The Morgan fingerprint density at radius 2 is 2.07 bits per heavy atom. The van der Waals surface area contributed by atoms with Crippen molar-refractivity contribution in [2.24, 2.45) is 11.7 Å². The van der Waals surface area contributed by atoms with E-state index in [2.05, 4.69) is 0 Å². The second-order valence-corrected chi connectivity index (χ2v) is 4.19. The first kappa shape index (κ1) is 10.2. The highest BCUT2D eigenvalue weighted by molar-refractivity contribution is 5.82. The van der Waals surface area contributed by atoms with Gasteiger partial charge in [0.05, 0.1) is 5.92 Å². The van der Waals surface area contributed by atoms with Crippen LogP contribution in [0.5, 0.6) is 0 Å². The van der Waals surface area contributed by atoms with Crippen molar-refractivity contribution in [3.8, 4) is 0 Å². The zero-order valence-corrected chi connectivity index (χ0v) is 8.89. The highest BCUT2D eigenvalue weighted by Crippen LogP contribution is 2.29. The summed E-state index contributed by atoms with van der Waals surface area (Å²) in [5.41, 5.74) is 6.81. The molecule has 0 spiro atoms. The number of hydrogen-bond acceptors (Lipinski definition) is 2. The first-order chi connectivity index (χ1) is 7.18. The van der Waals surface area contributed by atoms with Crippen LogP contribution in [0.25, 0.3) is 0 Å². The Morgan fingerprint density at radius 3 is 2.60 bits per heavy atom. The van der Waals surface area contributed by atoms with E-state index in [0.29, 0.717) is 6.54 Å². The van der Waals surface area contributed by atoms with Gasteiger partial charge in [-0.2, -0.15) is 0 Å². The lowest BCUT2D eigenvalue weighted by Gasteiger charge is -2.17. The van der Waals surface area contributed by atoms with Crippen molar-refractivity contribution in [2.75, 3.05) is 7.05 Å². The van der Waals surface area contributed by atoms with Gasteiger partial charge in [-0.05, 0) is 12.0 Å². The summed E-state index contributed by atoms with van der Waals surface area (Å²) in [6.07, 6.45) is 0.845. The molecular weight excluding hydrogens is 188 g/mol. The third kappa shape index (κ3) is 2.36. The molecule has 80 valence electrons. The molecule has 0 aromatic heterocycles. The van der Waals surface area contributed by atoms with Gasteiger partial charge in [0.15, 0.2) is 0 Å². The van der Waals surface area contributed by atoms with Crippen LogP contribution in [0, 0.1) is 5.92 Å². The quantitative estimate of drug-likeness (QED) is 0.798. The third-order valence-corrected chi connectivity index (χ3v) is 2.80. The van der Waals surface area contributed by atoms with Crippen LogP contribution in [0.4, 0.5) is 0 Å². The summed E-state index contributed by atoms with van der Waals surface area (Å²) in [6.45, 7) is 0.670. The Hall–Kier alpha value is -1.35. The lowest BCUT2D eigenvalue weighted by molar-refractivity contribution is -0.131. The summed E-state index contributed by atoms with van der Waals surface area (Å²) in [4.78, 5) is 13.5. The minimum atomic E-state index is 0.0683. The van der Waals surface area contributed by atoms with Crippen molar-refractivity contribution in [1.82, 2.24) is 4.90 Å². The Bertz CT molecular complexity index is 350. The first-order valence-corrected chi connectivity index (χ1v) is 5.23. The average molecular weight is 204 g/mol. The van der Waals surface area contributed by atoms with Gasteiger partial charge in [-0.15, -0.1) is 0 Å². The molecule has 3 heteroatoms. The molecule has 3 nitrogen and oxygen atoms in total. The van der Waals surface area contributed by atoms with Crippen molar-refractivity contribution in [3.05, 3.63) is 35.9 Å². The minimum absolute atomic E-state index is 0.0683. The molecule has 1 aromatic rings. The lowest BCUT2D eigenvalue weighted by Crippen LogP contribution is -2.29. The molecule has 0 bridgehead atoms. The van der Waals surface area contributed by atoms with Crippen LogP contribution in [-0.4, -0.2) is 23.9 Å². The molecule has 2 atom stereocenters. The predicted octanol–water partition coefficient (Wildman–Crippen LogP) is 0.992. The highest BCUT2D eigenvalue weighted by Gasteiger charge is 2.41. The maximum Gasteiger partial charge on any atom is 0.227 e. The van der Waals surface area contributed by atoms with Crippen molar-refractivity contribution in [1.29, 1.82) is 0 Å². The second-order valence-electron chi connectivity index (χ2n) is 4.19. The fourth-order valence-electron chi connectivity index (χ4n) is 1.72. The van der Waals surface area contributed by atoms with E-state index < -0.39 is 0 Å². The number of rotatable bonds is 3. The Morgan fingerprint density at radius 1 is 1.47 bits per heavy atom. The van der Waals surface area contributed by atoms with Gasteiger partial charge in [0, 0.05) is 19.6 Å². The molecule has 1 amide bonds. The van der Waals surface area contributed by atoms with Crippen LogP contribution in [-0.2, 0) is 11.3 Å². The van der Waals surface area contributed by atoms with Crippen molar-refractivity contribution >= 4 is 5.91 Å². The summed E-state index contributed by atoms with van der Waals surface area (Å²) in [7, 11) is 1.83. The van der Waals surface area contributed by atoms with Gasteiger partial charge in [-0.3, -0.25) is 4.79 Å². The van der Waals surface area contributed by atoms with Crippen molar-refractivity contribution in [3.63, 3.8) is 0 Å². The molecule has 1 aliphatic carbocycles. The summed E-state index contributed by atoms with van der Waals surface area (Å²) in [5.74, 6) is 0.241. The molecule has 2 rings (SSSR count). The van der Waals surface area contributed by atoms with Gasteiger partial charge in [-0.1, -0.05) is 30.3 Å². The van der Waals surface area contributed by atoms with E-state index in [1.165, 1.54) is 0 Å². The molecule has 1 aliphatic rings. The average Bonchev–Trinajstić information content (AvgIpc) is 2.96. The number of benzene rings is 1. The van der Waals surface area contributed by atoms with Gasteiger partial charge in [-0.25, -0.2) is 0 Å². The van der Waals surface area contributed by atoms with Crippen molar-refractivity contribution < 1.29 is 4.79 Å². The molecule has 0 heterocycles. The smallest absolute Gasteiger partial charge is 0.227 e. The van der Waals surface area contributed by atoms with E-state index in [-0.39, 0.29) is 17.9 Å². The predicted molar refractivity (Wildman–Crippen MR) is 59.0 cm³/mol. The van der Waals surface area contributed by atoms with Crippen LogP contribution in [0.15, 0.2) is 30.3 Å². The molecule has 0 radical (unpaired) electrons. The van der Waals surface area contributed by atoms with Crippen LogP contribution in [0.1, 0.15) is 12.0 Å². The Labute approximate surface area is 89.9 Å². The highest BCUT2D eigenvalue weighted by atomic mass is 16.2. The molecule has 0 saturated heterocycles. The first-order valence-electron chi connectivity index (χ1n) is 5.23. The second kappa shape index (κ2) is 4.03. The number of nitrogens with zero attached hydrogens (tertiary/aromatic N) is 1. The Balaban J connectivity index is 1.92. The number of hydrogen-bond donors (Lipinski definition) is 1. The fourth-order valence-corrected chi connectivity index (χ4v) is 1.72. The van der Waals surface area contributed by atoms with E-state index in [9.17, 15) is 4.79 Å². The van der Waals surface area contributed by atoms with E-state index in [4.69, 9.17) is 5.73 Å². The maximum absolute atomic E-state index is 11.8. The minimum Gasteiger partial charge on any atom is -0.341 e. The Kier molecular flexibility index (Phi) is 2.73. The summed E-state index contributed by atoms with van der Waals surface area (Å²) < 4.78 is 0. The van der Waals surface area contributed by atoms with Crippen molar-refractivity contribution in [2.45, 2.75) is 19.0 Å². The number of amides is 1. The van der Waals surface area contributed by atoms with Gasteiger partial charge in [0.2, 0.25) is 5.91 Å². The van der Waals surface area contributed by atoms with E-state index in [0.717, 1.165) is 12.0 Å². The van der Waals surface area contributed by atoms with E-state index >= 15 is 0 Å². The van der Waals surface area contributed by atoms with Crippen LogP contribution in [0.2, 0.25) is 0 Å². The molecule has 0 aliphatic heterocycles. The summed E-state index contributed by atoms with van der Waals surface area (Å²) in [6, 6.07) is 10.1. The largest absolute Gasteiger partial charge is 0.341 e. The monoisotopic (exact) mass is 204 g/mol. The van der Waals surface area contributed by atoms with E-state index in [1.807, 2.05) is 37.4 Å². The summed E-state index contributed by atoms with van der Waals surface area (Å²) >= 11 is 0. The molecule has 1 fully saturated rings. The SMILES string of the molecule is CN(Cc1ccccc1)C(=O)C1CC1N.